The summed E-state index contributed by atoms with van der Waals surface area (Å²) in [6.07, 6.45) is 1.51. The number of carboxylic acids is 1. The first-order chi connectivity index (χ1) is 9.14. The average molecular weight is 266 g/mol. The van der Waals surface area contributed by atoms with Gasteiger partial charge in [0.1, 0.15) is 5.75 Å². The van der Waals surface area contributed by atoms with Crippen molar-refractivity contribution in [3.8, 4) is 5.75 Å². The second-order valence-corrected chi connectivity index (χ2v) is 4.58. The van der Waals surface area contributed by atoms with Crippen molar-refractivity contribution in [3.63, 3.8) is 0 Å². The summed E-state index contributed by atoms with van der Waals surface area (Å²) in [6.45, 7) is 0.208. The molecular formula is C14H18O5. The number of aliphatic hydroxyl groups excluding tert-OH is 1. The van der Waals surface area contributed by atoms with Crippen LogP contribution in [0.4, 0.5) is 0 Å². The molecule has 2 N–H and O–H groups in total. The summed E-state index contributed by atoms with van der Waals surface area (Å²) in [5.41, 5.74) is 0.337. The lowest BCUT2D eigenvalue weighted by Crippen LogP contribution is -2.37. The van der Waals surface area contributed by atoms with E-state index in [1.165, 1.54) is 0 Å². The van der Waals surface area contributed by atoms with E-state index in [1.54, 1.807) is 13.2 Å². The van der Waals surface area contributed by atoms with Crippen LogP contribution in [0.25, 0.3) is 0 Å². The van der Waals surface area contributed by atoms with Gasteiger partial charge in [-0.2, -0.15) is 0 Å². The maximum absolute atomic E-state index is 11.7. The fourth-order valence-electron chi connectivity index (χ4n) is 2.47. The smallest absolute Gasteiger partial charge is 0.340 e. The summed E-state index contributed by atoms with van der Waals surface area (Å²) in [5, 5.41) is 18.3. The molecule has 0 fully saturated rings. The minimum Gasteiger partial charge on any atom is -0.497 e. The highest BCUT2D eigenvalue weighted by molar-refractivity contribution is 5.81. The molecule has 1 unspecified atom stereocenters. The normalized spacial score (nSPS) is 21.2. The maximum Gasteiger partial charge on any atom is 0.340 e. The molecule has 1 aromatic carbocycles. The van der Waals surface area contributed by atoms with Crippen LogP contribution < -0.4 is 4.74 Å². The van der Waals surface area contributed by atoms with Crippen LogP contribution in [0.2, 0.25) is 0 Å². The Labute approximate surface area is 111 Å². The summed E-state index contributed by atoms with van der Waals surface area (Å²) in [4.78, 5) is 11.7. The van der Waals surface area contributed by atoms with Gasteiger partial charge in [-0.3, -0.25) is 0 Å². The Hall–Kier alpha value is -1.59. The third kappa shape index (κ3) is 2.43. The van der Waals surface area contributed by atoms with E-state index >= 15 is 0 Å². The zero-order valence-electron chi connectivity index (χ0n) is 10.9. The van der Waals surface area contributed by atoms with Crippen LogP contribution in [0.1, 0.15) is 24.0 Å². The topological polar surface area (TPSA) is 76.0 Å². The number of aliphatic hydroxyl groups is 1. The highest BCUT2D eigenvalue weighted by Gasteiger charge is 2.47. The minimum absolute atomic E-state index is 0.0132. The number of carboxylic acid groups (broad SMARTS) is 1. The highest BCUT2D eigenvalue weighted by atomic mass is 16.5. The van der Waals surface area contributed by atoms with Crippen molar-refractivity contribution in [2.75, 3.05) is 20.3 Å². The van der Waals surface area contributed by atoms with Gasteiger partial charge in [-0.1, -0.05) is 6.07 Å². The molecule has 0 spiro atoms. The molecular weight excluding hydrogens is 248 g/mol. The lowest BCUT2D eigenvalue weighted by atomic mass is 9.95. The predicted molar refractivity (Wildman–Crippen MR) is 68.3 cm³/mol. The maximum atomic E-state index is 11.7. The number of aliphatic carboxylic acids is 1. The van der Waals surface area contributed by atoms with Crippen molar-refractivity contribution in [1.29, 1.82) is 0 Å². The zero-order chi connectivity index (χ0) is 13.9. The van der Waals surface area contributed by atoms with Crippen molar-refractivity contribution in [2.24, 2.45) is 0 Å². The van der Waals surface area contributed by atoms with Crippen LogP contribution in [0, 0.1) is 0 Å². The largest absolute Gasteiger partial charge is 0.497 e. The van der Waals surface area contributed by atoms with Gasteiger partial charge in [-0.05, 0) is 37.0 Å². The molecule has 1 aliphatic carbocycles. The Morgan fingerprint density at radius 3 is 2.89 bits per heavy atom. The van der Waals surface area contributed by atoms with Crippen LogP contribution >= 0.6 is 0 Å². The molecule has 1 aromatic rings. The molecule has 19 heavy (non-hydrogen) atoms. The fraction of sp³-hybridized carbons (Fsp3) is 0.500. The number of carbonyl (C=O) groups is 1. The molecule has 5 heteroatoms. The molecule has 0 radical (unpaired) electrons. The molecule has 5 nitrogen and oxygen atoms in total. The van der Waals surface area contributed by atoms with Crippen LogP contribution in [-0.4, -0.2) is 36.5 Å². The average Bonchev–Trinajstić information content (AvgIpc) is 2.78. The molecule has 1 aliphatic rings. The summed E-state index contributed by atoms with van der Waals surface area (Å²) >= 11 is 0. The molecule has 2 rings (SSSR count). The Morgan fingerprint density at radius 1 is 1.47 bits per heavy atom. The zero-order valence-corrected chi connectivity index (χ0v) is 10.9. The first-order valence-corrected chi connectivity index (χ1v) is 6.29. The lowest BCUT2D eigenvalue weighted by molar-refractivity contribution is -0.168. The van der Waals surface area contributed by atoms with E-state index in [9.17, 15) is 9.90 Å². The number of aryl methyl sites for hydroxylation is 1. The fourth-order valence-corrected chi connectivity index (χ4v) is 2.47. The van der Waals surface area contributed by atoms with Crippen LogP contribution in [-0.2, 0) is 21.6 Å². The van der Waals surface area contributed by atoms with E-state index in [-0.39, 0.29) is 13.2 Å². The van der Waals surface area contributed by atoms with Gasteiger partial charge < -0.3 is 19.7 Å². The second-order valence-electron chi connectivity index (χ2n) is 4.58. The summed E-state index contributed by atoms with van der Waals surface area (Å²) < 4.78 is 10.8. The number of fused-ring (bicyclic) bond motifs is 1. The molecule has 0 heterocycles. The third-order valence-corrected chi connectivity index (χ3v) is 3.49. The first kappa shape index (κ1) is 13.8. The van der Waals surface area contributed by atoms with E-state index in [0.717, 1.165) is 5.56 Å². The van der Waals surface area contributed by atoms with E-state index in [0.29, 0.717) is 30.6 Å². The summed E-state index contributed by atoms with van der Waals surface area (Å²) in [7, 11) is 1.55. The number of rotatable bonds is 6. The van der Waals surface area contributed by atoms with Gasteiger partial charge in [0, 0.05) is 12.2 Å². The van der Waals surface area contributed by atoms with E-state index in [1.807, 2.05) is 12.1 Å². The third-order valence-electron chi connectivity index (χ3n) is 3.49. The highest BCUT2D eigenvalue weighted by Crippen LogP contribution is 2.42. The number of hydrogen-bond donors (Lipinski definition) is 2. The standard InChI is InChI=1S/C14H18O5/c1-18-11-4-3-10-5-6-14(13(16)17,12(10)9-11)19-8-2-7-15/h3-4,9,15H,2,5-8H2,1H3,(H,16,17). The van der Waals surface area contributed by atoms with Gasteiger partial charge >= 0.3 is 5.97 Å². The Bertz CT molecular complexity index is 471. The van der Waals surface area contributed by atoms with Gasteiger partial charge in [0.2, 0.25) is 0 Å². The lowest BCUT2D eigenvalue weighted by Gasteiger charge is -2.26. The molecule has 0 amide bonds. The van der Waals surface area contributed by atoms with Gasteiger partial charge in [-0.15, -0.1) is 0 Å². The van der Waals surface area contributed by atoms with Gasteiger partial charge in [0.25, 0.3) is 0 Å². The molecule has 104 valence electrons. The van der Waals surface area contributed by atoms with Crippen molar-refractivity contribution in [3.05, 3.63) is 29.3 Å². The van der Waals surface area contributed by atoms with Crippen molar-refractivity contribution < 1.29 is 24.5 Å². The molecule has 1 atom stereocenters. The van der Waals surface area contributed by atoms with Crippen LogP contribution in [0.5, 0.6) is 5.75 Å². The summed E-state index contributed by atoms with van der Waals surface area (Å²) in [6, 6.07) is 5.44. The Balaban J connectivity index is 2.35. The molecule has 0 aliphatic heterocycles. The SMILES string of the molecule is COc1ccc2c(c1)C(OCCCO)(C(=O)O)CC2. The summed E-state index contributed by atoms with van der Waals surface area (Å²) in [5.74, 6) is -0.366. The molecule has 0 saturated carbocycles. The van der Waals surface area contributed by atoms with Gasteiger partial charge in [0.05, 0.1) is 13.7 Å². The monoisotopic (exact) mass is 266 g/mol. The van der Waals surface area contributed by atoms with E-state index in [2.05, 4.69) is 0 Å². The Morgan fingerprint density at radius 2 is 2.26 bits per heavy atom. The molecule has 0 bridgehead atoms. The Kier molecular flexibility index (Phi) is 4.07. The number of benzene rings is 1. The quantitative estimate of drug-likeness (QED) is 0.759. The molecule has 0 saturated heterocycles. The first-order valence-electron chi connectivity index (χ1n) is 6.29. The van der Waals surface area contributed by atoms with Gasteiger partial charge in [0.15, 0.2) is 5.60 Å². The van der Waals surface area contributed by atoms with Crippen LogP contribution in [0.15, 0.2) is 18.2 Å². The number of ether oxygens (including phenoxy) is 2. The predicted octanol–water partition coefficient (Wildman–Crippen LogP) is 1.32. The van der Waals surface area contributed by atoms with E-state index < -0.39 is 11.6 Å². The van der Waals surface area contributed by atoms with Crippen LogP contribution in [0.3, 0.4) is 0 Å². The molecule has 0 aromatic heterocycles. The van der Waals surface area contributed by atoms with E-state index in [4.69, 9.17) is 14.6 Å². The number of hydrogen-bond acceptors (Lipinski definition) is 4. The van der Waals surface area contributed by atoms with Gasteiger partial charge in [-0.25, -0.2) is 4.79 Å². The van der Waals surface area contributed by atoms with Crippen molar-refractivity contribution in [2.45, 2.75) is 24.9 Å². The number of methoxy groups -OCH3 is 1. The van der Waals surface area contributed by atoms with Crippen molar-refractivity contribution >= 4 is 5.97 Å². The second kappa shape index (κ2) is 5.59. The minimum atomic E-state index is -1.31. The van der Waals surface area contributed by atoms with Crippen molar-refractivity contribution in [1.82, 2.24) is 0 Å².